The van der Waals surface area contributed by atoms with Gasteiger partial charge in [-0.3, -0.25) is 9.59 Å². The smallest absolute Gasteiger partial charge is 0.254 e. The fourth-order valence-electron chi connectivity index (χ4n) is 3.76. The largest absolute Gasteiger partial charge is 0.356 e. The Morgan fingerprint density at radius 2 is 1.90 bits per heavy atom. The highest BCUT2D eigenvalue weighted by Crippen LogP contribution is 2.30. The Morgan fingerprint density at radius 3 is 2.66 bits per heavy atom. The van der Waals surface area contributed by atoms with Crippen LogP contribution in [-0.2, 0) is 9.59 Å². The Bertz CT molecular complexity index is 853. The molecule has 2 atom stereocenters. The number of aldehydes is 1. The molecule has 3 rings (SSSR count). The lowest BCUT2D eigenvalue weighted by Crippen LogP contribution is -2.41. The molecule has 152 valence electrons. The minimum Gasteiger partial charge on any atom is -0.356 e. The molecule has 0 saturated carbocycles. The number of hydrogen-bond donors (Lipinski definition) is 2. The van der Waals surface area contributed by atoms with Crippen LogP contribution in [0.3, 0.4) is 0 Å². The first-order valence-corrected chi connectivity index (χ1v) is 9.99. The maximum absolute atomic E-state index is 12.7. The van der Waals surface area contributed by atoms with E-state index < -0.39 is 0 Å². The summed E-state index contributed by atoms with van der Waals surface area (Å²) in [5.74, 6) is -0.0875. The number of fused-ring (bicyclic) bond motifs is 1. The van der Waals surface area contributed by atoms with Crippen molar-refractivity contribution < 1.29 is 14.4 Å². The van der Waals surface area contributed by atoms with Gasteiger partial charge in [0.25, 0.3) is 5.91 Å². The van der Waals surface area contributed by atoms with Gasteiger partial charge in [0, 0.05) is 50.0 Å². The van der Waals surface area contributed by atoms with Crippen LogP contribution in [0.5, 0.6) is 0 Å². The summed E-state index contributed by atoms with van der Waals surface area (Å²) >= 11 is 0. The maximum atomic E-state index is 12.7. The number of nitrogens with zero attached hydrogens (tertiary/aromatic N) is 1. The van der Waals surface area contributed by atoms with Gasteiger partial charge in [0.15, 0.2) is 0 Å². The van der Waals surface area contributed by atoms with E-state index in [1.807, 2.05) is 54.6 Å². The van der Waals surface area contributed by atoms with Gasteiger partial charge in [0.05, 0.1) is 0 Å². The molecule has 29 heavy (non-hydrogen) atoms. The SMILES string of the molecule is N[C@@H](CC(=O)NCCCN1CC(CC=O)c2ccccc2C1=O)c1ccccc1. The summed E-state index contributed by atoms with van der Waals surface area (Å²) in [6, 6.07) is 16.7. The van der Waals surface area contributed by atoms with E-state index in [0.29, 0.717) is 38.0 Å². The molecule has 1 aliphatic heterocycles. The molecule has 1 heterocycles. The van der Waals surface area contributed by atoms with Crippen LogP contribution >= 0.6 is 0 Å². The van der Waals surface area contributed by atoms with Gasteiger partial charge in [0.2, 0.25) is 5.91 Å². The number of carbonyl (C=O) groups is 3. The van der Waals surface area contributed by atoms with Crippen molar-refractivity contribution in [2.24, 2.45) is 5.73 Å². The van der Waals surface area contributed by atoms with Gasteiger partial charge in [-0.2, -0.15) is 0 Å². The predicted octanol–water partition coefficient (Wildman–Crippen LogP) is 2.41. The minimum absolute atomic E-state index is 0.0137. The fraction of sp³-hybridized carbons (Fsp3) is 0.348. The van der Waals surface area contributed by atoms with Crippen LogP contribution in [0.25, 0.3) is 0 Å². The molecule has 1 unspecified atom stereocenters. The van der Waals surface area contributed by atoms with Crippen LogP contribution < -0.4 is 11.1 Å². The van der Waals surface area contributed by atoms with Crippen molar-refractivity contribution in [3.8, 4) is 0 Å². The Labute approximate surface area is 171 Å². The highest BCUT2D eigenvalue weighted by Gasteiger charge is 2.30. The second kappa shape index (κ2) is 9.98. The van der Waals surface area contributed by atoms with Crippen LogP contribution in [0.15, 0.2) is 54.6 Å². The van der Waals surface area contributed by atoms with Gasteiger partial charge in [-0.05, 0) is 23.6 Å². The number of benzene rings is 2. The van der Waals surface area contributed by atoms with Crippen molar-refractivity contribution in [2.45, 2.75) is 31.2 Å². The van der Waals surface area contributed by atoms with Crippen molar-refractivity contribution in [3.05, 3.63) is 71.3 Å². The number of amides is 2. The van der Waals surface area contributed by atoms with Gasteiger partial charge in [-0.15, -0.1) is 0 Å². The summed E-state index contributed by atoms with van der Waals surface area (Å²) in [5, 5.41) is 2.88. The molecule has 2 aromatic carbocycles. The summed E-state index contributed by atoms with van der Waals surface area (Å²) in [6.07, 6.45) is 2.18. The highest BCUT2D eigenvalue weighted by molar-refractivity contribution is 5.97. The molecule has 6 heteroatoms. The van der Waals surface area contributed by atoms with Gasteiger partial charge >= 0.3 is 0 Å². The molecule has 0 aliphatic carbocycles. The third kappa shape index (κ3) is 5.29. The molecule has 0 aromatic heterocycles. The van der Waals surface area contributed by atoms with Gasteiger partial charge < -0.3 is 20.7 Å². The number of nitrogens with one attached hydrogen (secondary N) is 1. The van der Waals surface area contributed by atoms with E-state index in [1.165, 1.54) is 0 Å². The topological polar surface area (TPSA) is 92.5 Å². The van der Waals surface area contributed by atoms with Crippen molar-refractivity contribution in [3.63, 3.8) is 0 Å². The Kier molecular flexibility index (Phi) is 7.14. The average Bonchev–Trinajstić information content (AvgIpc) is 2.75. The van der Waals surface area contributed by atoms with E-state index >= 15 is 0 Å². The number of rotatable bonds is 9. The molecule has 0 spiro atoms. The number of carbonyl (C=O) groups excluding carboxylic acids is 3. The molecule has 6 nitrogen and oxygen atoms in total. The molecule has 0 bridgehead atoms. The monoisotopic (exact) mass is 393 g/mol. The second-order valence-corrected chi connectivity index (χ2v) is 7.36. The normalized spacial score (nSPS) is 16.8. The number of nitrogens with two attached hydrogens (primary N) is 1. The van der Waals surface area contributed by atoms with Crippen molar-refractivity contribution in [2.75, 3.05) is 19.6 Å². The van der Waals surface area contributed by atoms with Crippen LogP contribution in [-0.4, -0.2) is 42.6 Å². The van der Waals surface area contributed by atoms with Crippen LogP contribution in [0.4, 0.5) is 0 Å². The molecule has 2 aromatic rings. The zero-order valence-corrected chi connectivity index (χ0v) is 16.4. The third-order valence-corrected chi connectivity index (χ3v) is 5.30. The first-order valence-electron chi connectivity index (χ1n) is 9.99. The minimum atomic E-state index is -0.333. The lowest BCUT2D eigenvalue weighted by atomic mass is 9.87. The maximum Gasteiger partial charge on any atom is 0.254 e. The van der Waals surface area contributed by atoms with E-state index in [1.54, 1.807) is 4.90 Å². The summed E-state index contributed by atoms with van der Waals surface area (Å²) in [5.41, 5.74) is 8.63. The summed E-state index contributed by atoms with van der Waals surface area (Å²) in [7, 11) is 0. The van der Waals surface area contributed by atoms with E-state index in [-0.39, 0.29) is 30.2 Å². The first-order chi connectivity index (χ1) is 14.1. The molecule has 2 amide bonds. The van der Waals surface area contributed by atoms with E-state index in [0.717, 1.165) is 17.4 Å². The Hall–Kier alpha value is -2.99. The van der Waals surface area contributed by atoms with E-state index in [4.69, 9.17) is 5.73 Å². The number of hydrogen-bond acceptors (Lipinski definition) is 4. The average molecular weight is 393 g/mol. The summed E-state index contributed by atoms with van der Waals surface area (Å²) in [6.45, 7) is 1.54. The zero-order chi connectivity index (χ0) is 20.6. The molecule has 1 aliphatic rings. The van der Waals surface area contributed by atoms with Gasteiger partial charge in [0.1, 0.15) is 6.29 Å². The third-order valence-electron chi connectivity index (χ3n) is 5.30. The lowest BCUT2D eigenvalue weighted by Gasteiger charge is -2.33. The Balaban J connectivity index is 1.47. The quantitative estimate of drug-likeness (QED) is 0.505. The van der Waals surface area contributed by atoms with Crippen LogP contribution in [0.2, 0.25) is 0 Å². The van der Waals surface area contributed by atoms with Crippen molar-refractivity contribution in [1.29, 1.82) is 0 Å². The molecule has 0 radical (unpaired) electrons. The van der Waals surface area contributed by atoms with Crippen LogP contribution in [0.1, 0.15) is 52.7 Å². The fourth-order valence-corrected chi connectivity index (χ4v) is 3.76. The molecule has 3 N–H and O–H groups in total. The van der Waals surface area contributed by atoms with Gasteiger partial charge in [-0.25, -0.2) is 0 Å². The second-order valence-electron chi connectivity index (χ2n) is 7.36. The standard InChI is InChI=1S/C23H27N3O3/c24-21(17-7-2-1-3-8-17)15-22(28)25-12-6-13-26-16-18(11-14-27)19-9-4-5-10-20(19)23(26)29/h1-5,7-10,14,18,21H,6,11-13,15-16,24H2,(H,25,28)/t18?,21-/m0/s1. The van der Waals surface area contributed by atoms with Crippen LogP contribution in [0, 0.1) is 0 Å². The summed E-state index contributed by atoms with van der Waals surface area (Å²) < 4.78 is 0. The molecular formula is C23H27N3O3. The first kappa shape index (κ1) is 20.7. The molecule has 0 saturated heterocycles. The highest BCUT2D eigenvalue weighted by atomic mass is 16.2. The van der Waals surface area contributed by atoms with Gasteiger partial charge in [-0.1, -0.05) is 48.5 Å². The van der Waals surface area contributed by atoms with E-state index in [9.17, 15) is 14.4 Å². The molecular weight excluding hydrogens is 366 g/mol. The van der Waals surface area contributed by atoms with E-state index in [2.05, 4.69) is 5.32 Å². The summed E-state index contributed by atoms with van der Waals surface area (Å²) in [4.78, 5) is 37.7. The molecule has 0 fully saturated rings. The lowest BCUT2D eigenvalue weighted by molar-refractivity contribution is -0.121. The van der Waals surface area contributed by atoms with Crippen molar-refractivity contribution >= 4 is 18.1 Å². The van der Waals surface area contributed by atoms with Crippen molar-refractivity contribution in [1.82, 2.24) is 10.2 Å². The Morgan fingerprint density at radius 1 is 1.17 bits per heavy atom. The predicted molar refractivity (Wildman–Crippen MR) is 111 cm³/mol. The zero-order valence-electron chi connectivity index (χ0n) is 16.4.